The van der Waals surface area contributed by atoms with Crippen LogP contribution in [0.3, 0.4) is 0 Å². The van der Waals surface area contributed by atoms with Crippen LogP contribution < -0.4 is 15.1 Å². The second-order valence-electron chi connectivity index (χ2n) is 4.99. The Morgan fingerprint density at radius 3 is 2.32 bits per heavy atom. The molecule has 1 N–H and O–H groups in total. The van der Waals surface area contributed by atoms with Gasteiger partial charge in [-0.25, -0.2) is 4.79 Å². The Hall–Kier alpha value is -3.00. The molecule has 1 heterocycles. The van der Waals surface area contributed by atoms with E-state index >= 15 is 0 Å². The van der Waals surface area contributed by atoms with Crippen molar-refractivity contribution < 1.29 is 32.2 Å². The summed E-state index contributed by atoms with van der Waals surface area (Å²) in [4.78, 5) is 12.1. The van der Waals surface area contributed by atoms with Gasteiger partial charge in [0.15, 0.2) is 6.79 Å². The minimum atomic E-state index is -4.78. The summed E-state index contributed by atoms with van der Waals surface area (Å²) < 4.78 is 50.5. The molecule has 0 aliphatic rings. The lowest BCUT2D eigenvalue weighted by molar-refractivity contribution is -0.274. The average molecular weight is 352 g/mol. The highest BCUT2D eigenvalue weighted by Gasteiger charge is 2.31. The molecule has 8 heteroatoms. The zero-order valence-corrected chi connectivity index (χ0v) is 12.5. The summed E-state index contributed by atoms with van der Waals surface area (Å²) in [5.74, 6) is -0.0493. The largest absolute Gasteiger partial charge is 0.573 e. The van der Waals surface area contributed by atoms with E-state index in [1.165, 1.54) is 18.2 Å². The Morgan fingerprint density at radius 2 is 1.68 bits per heavy atom. The van der Waals surface area contributed by atoms with Crippen molar-refractivity contribution in [2.45, 2.75) is 6.36 Å². The minimum Gasteiger partial charge on any atom is -0.468 e. The number of hydrogen-bond acceptors (Lipinski definition) is 5. The van der Waals surface area contributed by atoms with Crippen molar-refractivity contribution in [1.82, 2.24) is 0 Å². The number of alkyl halides is 3. The summed E-state index contributed by atoms with van der Waals surface area (Å²) in [6.07, 6.45) is -4.78. The van der Waals surface area contributed by atoms with Crippen LogP contribution in [0.15, 0.2) is 57.7 Å². The molecule has 0 aliphatic heterocycles. The maximum Gasteiger partial charge on any atom is 0.573 e. The van der Waals surface area contributed by atoms with E-state index in [2.05, 4.69) is 4.74 Å². The topological polar surface area (TPSA) is 68.9 Å². The number of fused-ring (bicyclic) bond motifs is 1. The van der Waals surface area contributed by atoms with Crippen molar-refractivity contribution in [1.29, 1.82) is 0 Å². The van der Waals surface area contributed by atoms with Crippen molar-refractivity contribution >= 4 is 11.0 Å². The van der Waals surface area contributed by atoms with E-state index in [4.69, 9.17) is 14.3 Å². The smallest absolute Gasteiger partial charge is 0.468 e. The molecule has 0 radical (unpaired) electrons. The lowest BCUT2D eigenvalue weighted by Gasteiger charge is -2.09. The first-order chi connectivity index (χ1) is 11.9. The Labute approximate surface area is 138 Å². The first kappa shape index (κ1) is 16.8. The third-order valence-corrected chi connectivity index (χ3v) is 3.34. The van der Waals surface area contributed by atoms with Crippen LogP contribution in [-0.4, -0.2) is 18.3 Å². The molecule has 3 aromatic rings. The highest BCUT2D eigenvalue weighted by atomic mass is 19.4. The van der Waals surface area contributed by atoms with Crippen LogP contribution in [0.4, 0.5) is 13.2 Å². The van der Waals surface area contributed by atoms with Crippen molar-refractivity contribution in [3.05, 3.63) is 59.0 Å². The molecule has 0 aliphatic carbocycles. The van der Waals surface area contributed by atoms with Crippen molar-refractivity contribution in [3.8, 4) is 22.6 Å². The van der Waals surface area contributed by atoms with Gasteiger partial charge >= 0.3 is 12.0 Å². The third kappa shape index (κ3) is 3.92. The number of benzene rings is 2. The molecule has 1 aromatic heterocycles. The third-order valence-electron chi connectivity index (χ3n) is 3.34. The summed E-state index contributed by atoms with van der Waals surface area (Å²) in [5.41, 5.74) is 0.192. The molecule has 0 fully saturated rings. The van der Waals surface area contributed by atoms with Gasteiger partial charge in [0, 0.05) is 11.5 Å². The molecule has 0 saturated heterocycles. The lowest BCUT2D eigenvalue weighted by Crippen LogP contribution is -2.17. The van der Waals surface area contributed by atoms with Crippen molar-refractivity contribution in [2.75, 3.05) is 6.79 Å². The Morgan fingerprint density at radius 1 is 1.00 bits per heavy atom. The van der Waals surface area contributed by atoms with Gasteiger partial charge < -0.3 is 19.0 Å². The van der Waals surface area contributed by atoms with Crippen LogP contribution in [0, 0.1) is 0 Å². The van der Waals surface area contributed by atoms with Crippen molar-refractivity contribution in [3.63, 3.8) is 0 Å². The molecule has 3 rings (SSSR count). The van der Waals surface area contributed by atoms with Gasteiger partial charge in [-0.3, -0.25) is 0 Å². The first-order valence-corrected chi connectivity index (χ1v) is 7.03. The quantitative estimate of drug-likeness (QED) is 0.573. The highest BCUT2D eigenvalue weighted by molar-refractivity contribution is 5.82. The second kappa shape index (κ2) is 6.48. The summed E-state index contributed by atoms with van der Waals surface area (Å²) >= 11 is 0. The number of hydrogen-bond donors (Lipinski definition) is 1. The number of aliphatic hydroxyl groups excluding tert-OH is 1. The SMILES string of the molecule is O=c1oc2cc(OCO)ccc2cc1-c1ccc(OC(F)(F)F)cc1. The number of halogens is 3. The average Bonchev–Trinajstić information content (AvgIpc) is 2.54. The van der Waals surface area contributed by atoms with Crippen LogP contribution in [-0.2, 0) is 0 Å². The second-order valence-corrected chi connectivity index (χ2v) is 4.99. The minimum absolute atomic E-state index is 0.196. The van der Waals surface area contributed by atoms with Gasteiger partial charge in [0.1, 0.15) is 17.1 Å². The van der Waals surface area contributed by atoms with Crippen LogP contribution in [0.5, 0.6) is 11.5 Å². The molecule has 0 saturated carbocycles. The first-order valence-electron chi connectivity index (χ1n) is 7.03. The zero-order valence-electron chi connectivity index (χ0n) is 12.5. The summed E-state index contributed by atoms with van der Waals surface area (Å²) in [5, 5.41) is 9.33. The van der Waals surface area contributed by atoms with Gasteiger partial charge in [0.2, 0.25) is 0 Å². The summed E-state index contributed by atoms with van der Waals surface area (Å²) in [6, 6.07) is 11.1. The molecule has 0 unspecified atom stereocenters. The summed E-state index contributed by atoms with van der Waals surface area (Å²) in [6.45, 7) is -0.514. The van der Waals surface area contributed by atoms with Crippen LogP contribution in [0.25, 0.3) is 22.1 Å². The molecule has 0 atom stereocenters. The fourth-order valence-corrected chi connectivity index (χ4v) is 2.29. The van der Waals surface area contributed by atoms with Gasteiger partial charge in [-0.05, 0) is 35.9 Å². The van der Waals surface area contributed by atoms with E-state index in [0.29, 0.717) is 16.7 Å². The highest BCUT2D eigenvalue weighted by Crippen LogP contribution is 2.27. The molecule has 130 valence electrons. The molecule has 5 nitrogen and oxygen atoms in total. The van der Waals surface area contributed by atoms with Crippen LogP contribution in [0.2, 0.25) is 0 Å². The van der Waals surface area contributed by atoms with Crippen molar-refractivity contribution in [2.24, 2.45) is 0 Å². The van der Waals surface area contributed by atoms with E-state index in [-0.39, 0.29) is 16.9 Å². The van der Waals surface area contributed by atoms with Gasteiger partial charge in [-0.2, -0.15) is 0 Å². The predicted molar refractivity (Wildman–Crippen MR) is 82.3 cm³/mol. The molecular weight excluding hydrogens is 341 g/mol. The van der Waals surface area contributed by atoms with E-state index in [1.54, 1.807) is 18.2 Å². The van der Waals surface area contributed by atoms with Gasteiger partial charge in [-0.15, -0.1) is 13.2 Å². The monoisotopic (exact) mass is 352 g/mol. The zero-order chi connectivity index (χ0) is 18.0. The molecule has 2 aromatic carbocycles. The number of ether oxygens (including phenoxy) is 2. The summed E-state index contributed by atoms with van der Waals surface area (Å²) in [7, 11) is 0. The van der Waals surface area contributed by atoms with Crippen LogP contribution in [0.1, 0.15) is 0 Å². The molecule has 25 heavy (non-hydrogen) atoms. The molecule has 0 spiro atoms. The van der Waals surface area contributed by atoms with E-state index in [9.17, 15) is 18.0 Å². The molecule has 0 bridgehead atoms. The Kier molecular flexibility index (Phi) is 4.37. The van der Waals surface area contributed by atoms with Gasteiger partial charge in [-0.1, -0.05) is 12.1 Å². The predicted octanol–water partition coefficient (Wildman–Crippen LogP) is 3.69. The normalized spacial score (nSPS) is 11.5. The standard InChI is InChI=1S/C17H11F3O5/c18-17(19,20)25-12-4-1-10(2-5-12)14-7-11-3-6-13(23-9-21)8-15(11)24-16(14)22/h1-8,21H,9H2. The Balaban J connectivity index is 1.97. The van der Waals surface area contributed by atoms with E-state index in [0.717, 1.165) is 12.1 Å². The van der Waals surface area contributed by atoms with Crippen LogP contribution >= 0.6 is 0 Å². The van der Waals surface area contributed by atoms with E-state index < -0.39 is 18.8 Å². The van der Waals surface area contributed by atoms with E-state index in [1.807, 2.05) is 0 Å². The van der Waals surface area contributed by atoms with Gasteiger partial charge in [0.05, 0.1) is 5.56 Å². The maximum atomic E-state index is 12.2. The molecular formula is C17H11F3O5. The number of rotatable bonds is 4. The lowest BCUT2D eigenvalue weighted by atomic mass is 10.1. The Bertz CT molecular complexity index is 945. The molecule has 0 amide bonds. The fourth-order valence-electron chi connectivity index (χ4n) is 2.29. The number of aliphatic hydroxyl groups is 1. The fraction of sp³-hybridized carbons (Fsp3) is 0.118. The van der Waals surface area contributed by atoms with Gasteiger partial charge in [0.25, 0.3) is 0 Å². The maximum absolute atomic E-state index is 12.2.